The number of nitriles is 1. The molecule has 1 aliphatic rings. The monoisotopic (exact) mass is 323 g/mol. The molecule has 2 heterocycles. The van der Waals surface area contributed by atoms with E-state index in [9.17, 15) is 10.4 Å². The summed E-state index contributed by atoms with van der Waals surface area (Å²) in [7, 11) is 1.59. The van der Waals surface area contributed by atoms with Crippen molar-refractivity contribution >= 4 is 5.95 Å². The van der Waals surface area contributed by atoms with Crippen LogP contribution >= 0.6 is 0 Å². The summed E-state index contributed by atoms with van der Waals surface area (Å²) in [4.78, 5) is 8.64. The van der Waals surface area contributed by atoms with Gasteiger partial charge in [0.2, 0.25) is 11.8 Å². The van der Waals surface area contributed by atoms with Crippen LogP contribution in [0, 0.1) is 25.2 Å². The number of hydrazine groups is 1. The van der Waals surface area contributed by atoms with Gasteiger partial charge in [-0.15, -0.1) is 0 Å². The topological polar surface area (TPSA) is 94.3 Å². The third-order valence-corrected chi connectivity index (χ3v) is 3.74. The first kappa shape index (κ1) is 15.8. The minimum Gasteiger partial charge on any atom is -0.497 e. The van der Waals surface area contributed by atoms with Crippen molar-refractivity contribution in [1.29, 1.82) is 5.26 Å². The molecule has 3 rings (SSSR count). The molecule has 0 saturated heterocycles. The zero-order valence-electron chi connectivity index (χ0n) is 13.6. The van der Waals surface area contributed by atoms with Gasteiger partial charge in [-0.1, -0.05) is 12.1 Å². The van der Waals surface area contributed by atoms with Crippen LogP contribution in [-0.2, 0) is 0 Å². The van der Waals surface area contributed by atoms with Gasteiger partial charge < -0.3 is 9.84 Å². The highest BCUT2D eigenvalue weighted by Gasteiger charge is 2.35. The first-order valence-corrected chi connectivity index (χ1v) is 7.39. The normalized spacial score (nSPS) is 17.1. The van der Waals surface area contributed by atoms with E-state index in [2.05, 4.69) is 21.5 Å². The van der Waals surface area contributed by atoms with Crippen LogP contribution in [-0.4, -0.2) is 22.2 Å². The Bertz CT molecular complexity index is 819. The summed E-state index contributed by atoms with van der Waals surface area (Å²) in [5, 5.41) is 21.2. The van der Waals surface area contributed by atoms with Crippen LogP contribution in [0.4, 0.5) is 5.95 Å². The van der Waals surface area contributed by atoms with E-state index >= 15 is 0 Å². The van der Waals surface area contributed by atoms with Crippen molar-refractivity contribution in [2.75, 3.05) is 12.1 Å². The van der Waals surface area contributed by atoms with Crippen molar-refractivity contribution in [1.82, 2.24) is 15.4 Å². The highest BCUT2D eigenvalue weighted by Crippen LogP contribution is 2.33. The second-order valence-electron chi connectivity index (χ2n) is 5.47. The number of hydrogen-bond acceptors (Lipinski definition) is 7. The van der Waals surface area contributed by atoms with Gasteiger partial charge in [-0.25, -0.2) is 20.4 Å². The molecule has 1 aliphatic heterocycles. The van der Waals surface area contributed by atoms with Crippen molar-refractivity contribution in [3.8, 4) is 11.8 Å². The maximum absolute atomic E-state index is 10.4. The van der Waals surface area contributed by atoms with Gasteiger partial charge in [-0.2, -0.15) is 5.26 Å². The summed E-state index contributed by atoms with van der Waals surface area (Å²) >= 11 is 0. The average molecular weight is 323 g/mol. The fourth-order valence-corrected chi connectivity index (χ4v) is 2.62. The third-order valence-electron chi connectivity index (χ3n) is 3.74. The summed E-state index contributed by atoms with van der Waals surface area (Å²) < 4.78 is 5.15. The maximum atomic E-state index is 10.4. The SMILES string of the molecule is COc1ccc([C@@H]2NN(c3nc(C)cc(C)n3)C(O)=C2C#N)cc1. The zero-order valence-corrected chi connectivity index (χ0v) is 13.6. The molecule has 1 atom stereocenters. The molecule has 2 aromatic rings. The number of anilines is 1. The molecule has 0 unspecified atom stereocenters. The Kier molecular flexibility index (Phi) is 4.06. The van der Waals surface area contributed by atoms with Crippen molar-refractivity contribution in [2.45, 2.75) is 19.9 Å². The molecule has 0 saturated carbocycles. The van der Waals surface area contributed by atoms with Gasteiger partial charge in [0.25, 0.3) is 0 Å². The number of nitrogens with one attached hydrogen (secondary N) is 1. The van der Waals surface area contributed by atoms with Crippen LogP contribution in [0.1, 0.15) is 23.0 Å². The second-order valence-corrected chi connectivity index (χ2v) is 5.47. The number of methoxy groups -OCH3 is 1. The van der Waals surface area contributed by atoms with Gasteiger partial charge >= 0.3 is 0 Å². The zero-order chi connectivity index (χ0) is 17.3. The van der Waals surface area contributed by atoms with Gasteiger partial charge in [0.05, 0.1) is 13.2 Å². The Labute approximate surface area is 139 Å². The summed E-state index contributed by atoms with van der Waals surface area (Å²) in [6, 6.07) is 10.7. The van der Waals surface area contributed by atoms with Crippen molar-refractivity contribution in [2.24, 2.45) is 0 Å². The van der Waals surface area contributed by atoms with Crippen LogP contribution in [0.2, 0.25) is 0 Å². The Hall–Kier alpha value is -3.11. The van der Waals surface area contributed by atoms with Gasteiger partial charge in [-0.3, -0.25) is 0 Å². The fourth-order valence-electron chi connectivity index (χ4n) is 2.62. The highest BCUT2D eigenvalue weighted by molar-refractivity contribution is 5.51. The number of aliphatic hydroxyl groups excluding tert-OH is 1. The minimum absolute atomic E-state index is 0.191. The lowest BCUT2D eigenvalue weighted by molar-refractivity contribution is 0.385. The van der Waals surface area contributed by atoms with Gasteiger partial charge in [0.1, 0.15) is 17.4 Å². The van der Waals surface area contributed by atoms with E-state index in [0.717, 1.165) is 22.7 Å². The lowest BCUT2D eigenvalue weighted by Crippen LogP contribution is -2.35. The second kappa shape index (κ2) is 6.18. The third kappa shape index (κ3) is 2.75. The number of aromatic nitrogens is 2. The Morgan fingerprint density at radius 1 is 1.21 bits per heavy atom. The molecular formula is C17H17N5O2. The molecule has 7 heteroatoms. The molecule has 0 aliphatic carbocycles. The number of aliphatic hydroxyl groups is 1. The van der Waals surface area contributed by atoms with Crippen molar-refractivity contribution in [3.05, 3.63) is 58.7 Å². The quantitative estimate of drug-likeness (QED) is 0.896. The molecular weight excluding hydrogens is 306 g/mol. The van der Waals surface area contributed by atoms with Crippen molar-refractivity contribution in [3.63, 3.8) is 0 Å². The van der Waals surface area contributed by atoms with E-state index < -0.39 is 6.04 Å². The largest absolute Gasteiger partial charge is 0.497 e. The number of benzene rings is 1. The van der Waals surface area contributed by atoms with E-state index in [1.807, 2.05) is 32.0 Å². The maximum Gasteiger partial charge on any atom is 0.247 e. The molecule has 24 heavy (non-hydrogen) atoms. The van der Waals surface area contributed by atoms with E-state index in [1.54, 1.807) is 19.2 Å². The molecule has 0 spiro atoms. The predicted octanol–water partition coefficient (Wildman–Crippen LogP) is 2.46. The number of ether oxygens (including phenoxy) is 1. The van der Waals surface area contributed by atoms with Crippen LogP contribution in [0.15, 0.2) is 41.8 Å². The minimum atomic E-state index is -0.481. The van der Waals surface area contributed by atoms with Crippen LogP contribution < -0.4 is 15.2 Å². The van der Waals surface area contributed by atoms with Crippen LogP contribution in [0.25, 0.3) is 0 Å². The van der Waals surface area contributed by atoms with E-state index in [-0.39, 0.29) is 11.5 Å². The number of aryl methyl sites for hydroxylation is 2. The standard InChI is InChI=1S/C17H17N5O2/c1-10-8-11(2)20-17(19-10)22-16(23)14(9-18)15(21-22)12-4-6-13(24-3)7-5-12/h4-8,15,21,23H,1-3H3/t15-/m0/s1. The summed E-state index contributed by atoms with van der Waals surface area (Å²) in [6.45, 7) is 3.70. The number of hydrogen-bond donors (Lipinski definition) is 2. The lowest BCUT2D eigenvalue weighted by Gasteiger charge is -2.19. The Balaban J connectivity index is 1.98. The molecule has 1 aromatic heterocycles. The molecule has 0 radical (unpaired) electrons. The Morgan fingerprint density at radius 3 is 2.38 bits per heavy atom. The van der Waals surface area contributed by atoms with Crippen LogP contribution in [0.5, 0.6) is 5.75 Å². The van der Waals surface area contributed by atoms with E-state index in [0.29, 0.717) is 5.95 Å². The van der Waals surface area contributed by atoms with Gasteiger partial charge in [0, 0.05) is 11.4 Å². The first-order valence-electron chi connectivity index (χ1n) is 7.39. The fraction of sp³-hybridized carbons (Fsp3) is 0.235. The highest BCUT2D eigenvalue weighted by atomic mass is 16.5. The van der Waals surface area contributed by atoms with Crippen LogP contribution in [0.3, 0.4) is 0 Å². The molecule has 7 nitrogen and oxygen atoms in total. The van der Waals surface area contributed by atoms with E-state index in [4.69, 9.17) is 4.74 Å². The van der Waals surface area contributed by atoms with Gasteiger partial charge in [0.15, 0.2) is 0 Å². The summed E-state index contributed by atoms with van der Waals surface area (Å²) in [6.07, 6.45) is 0. The lowest BCUT2D eigenvalue weighted by atomic mass is 10.0. The first-order chi connectivity index (χ1) is 11.5. The molecule has 0 bridgehead atoms. The molecule has 2 N–H and O–H groups in total. The Morgan fingerprint density at radius 2 is 1.83 bits per heavy atom. The number of rotatable bonds is 3. The molecule has 122 valence electrons. The number of nitrogens with zero attached hydrogens (tertiary/aromatic N) is 4. The average Bonchev–Trinajstić information content (AvgIpc) is 2.90. The summed E-state index contributed by atoms with van der Waals surface area (Å²) in [5.41, 5.74) is 5.68. The molecule has 0 fully saturated rings. The van der Waals surface area contributed by atoms with Crippen molar-refractivity contribution < 1.29 is 9.84 Å². The van der Waals surface area contributed by atoms with Gasteiger partial charge in [-0.05, 0) is 37.6 Å². The molecule has 0 amide bonds. The molecule has 1 aromatic carbocycles. The smallest absolute Gasteiger partial charge is 0.247 e. The predicted molar refractivity (Wildman–Crippen MR) is 88.1 cm³/mol. The summed E-state index contributed by atoms with van der Waals surface area (Å²) in [5.74, 6) is 0.829. The van der Waals surface area contributed by atoms with E-state index in [1.165, 1.54) is 5.01 Å².